The van der Waals surface area contributed by atoms with Gasteiger partial charge in [0.25, 0.3) is 0 Å². The largest absolute Gasteiger partial charge is 0.393 e. The molecule has 0 aliphatic heterocycles. The van der Waals surface area contributed by atoms with Gasteiger partial charge < -0.3 is 5.11 Å². The molecule has 3 heteroatoms. The summed E-state index contributed by atoms with van der Waals surface area (Å²) in [6.07, 6.45) is 5.96. The summed E-state index contributed by atoms with van der Waals surface area (Å²) in [7, 11) is 0. The second-order valence-electron chi connectivity index (χ2n) is 5.09. The van der Waals surface area contributed by atoms with Gasteiger partial charge in [-0.05, 0) is 37.8 Å². The molecule has 0 aliphatic rings. The Hall–Kier alpha value is -1.61. The number of hydrogen-bond acceptors (Lipinski definition) is 2. The van der Waals surface area contributed by atoms with Crippen LogP contribution < -0.4 is 0 Å². The van der Waals surface area contributed by atoms with Gasteiger partial charge in [0.15, 0.2) is 0 Å². The van der Waals surface area contributed by atoms with Gasteiger partial charge in [0.2, 0.25) is 0 Å². The molecule has 3 nitrogen and oxygen atoms in total. The van der Waals surface area contributed by atoms with Gasteiger partial charge in [-0.2, -0.15) is 5.10 Å². The molecule has 0 aliphatic carbocycles. The minimum Gasteiger partial charge on any atom is -0.393 e. The fourth-order valence-electron chi connectivity index (χ4n) is 2.26. The summed E-state index contributed by atoms with van der Waals surface area (Å²) in [5, 5.41) is 14.3. The smallest absolute Gasteiger partial charge is 0.0584 e. The highest BCUT2D eigenvalue weighted by Crippen LogP contribution is 2.11. The Kier molecular flexibility index (Phi) is 4.74. The molecule has 2 aromatic rings. The zero-order valence-electron chi connectivity index (χ0n) is 11.7. The lowest BCUT2D eigenvalue weighted by molar-refractivity contribution is 0.165. The summed E-state index contributed by atoms with van der Waals surface area (Å²) in [5.74, 6) is 0. The van der Waals surface area contributed by atoms with Gasteiger partial charge in [0.05, 0.1) is 12.3 Å². The topological polar surface area (TPSA) is 38.0 Å². The quantitative estimate of drug-likeness (QED) is 0.865. The van der Waals surface area contributed by atoms with E-state index in [1.807, 2.05) is 17.1 Å². The van der Waals surface area contributed by atoms with Gasteiger partial charge in [-0.25, -0.2) is 0 Å². The average Bonchev–Trinajstić information content (AvgIpc) is 2.84. The number of aliphatic hydroxyl groups is 1. The lowest BCUT2D eigenvalue weighted by Gasteiger charge is -2.09. The van der Waals surface area contributed by atoms with E-state index in [4.69, 9.17) is 0 Å². The van der Waals surface area contributed by atoms with Crippen molar-refractivity contribution in [3.63, 3.8) is 0 Å². The van der Waals surface area contributed by atoms with Gasteiger partial charge in [0.1, 0.15) is 0 Å². The average molecular weight is 258 g/mol. The number of benzene rings is 1. The minimum atomic E-state index is -0.296. The molecule has 19 heavy (non-hydrogen) atoms. The lowest BCUT2D eigenvalue weighted by Crippen LogP contribution is -2.11. The number of aryl methyl sites for hydroxylation is 3. The van der Waals surface area contributed by atoms with Crippen molar-refractivity contribution >= 4 is 0 Å². The van der Waals surface area contributed by atoms with Crippen molar-refractivity contribution in [1.29, 1.82) is 0 Å². The molecule has 1 atom stereocenters. The molecule has 102 valence electrons. The summed E-state index contributed by atoms with van der Waals surface area (Å²) < 4.78 is 1.89. The predicted molar refractivity (Wildman–Crippen MR) is 77.1 cm³/mol. The summed E-state index contributed by atoms with van der Waals surface area (Å²) in [6.45, 7) is 5.03. The Labute approximate surface area is 114 Å². The summed E-state index contributed by atoms with van der Waals surface area (Å²) in [4.78, 5) is 0. The number of aliphatic hydroxyl groups excluding tert-OH is 1. The van der Waals surface area contributed by atoms with E-state index in [2.05, 4.69) is 43.2 Å². The highest BCUT2D eigenvalue weighted by molar-refractivity contribution is 5.22. The molecule has 0 bridgehead atoms. The molecule has 0 saturated carbocycles. The standard InChI is InChI=1S/C16H22N2O/c1-3-18-12-15(11-17-18)10-16(19)8-7-14-6-4-5-13(2)9-14/h4-6,9,11-12,16,19H,3,7-8,10H2,1-2H3. The molecule has 2 rings (SSSR count). The fraction of sp³-hybridized carbons (Fsp3) is 0.438. The molecule has 0 spiro atoms. The van der Waals surface area contributed by atoms with Crippen LogP contribution in [0.5, 0.6) is 0 Å². The highest BCUT2D eigenvalue weighted by Gasteiger charge is 2.08. The van der Waals surface area contributed by atoms with Crippen molar-refractivity contribution in [3.05, 3.63) is 53.3 Å². The van der Waals surface area contributed by atoms with Gasteiger partial charge in [0, 0.05) is 19.2 Å². The molecule has 0 amide bonds. The Morgan fingerprint density at radius 2 is 2.16 bits per heavy atom. The van der Waals surface area contributed by atoms with Crippen LogP contribution in [-0.2, 0) is 19.4 Å². The SMILES string of the molecule is CCn1cc(CC(O)CCc2cccc(C)c2)cn1. The Morgan fingerprint density at radius 1 is 1.32 bits per heavy atom. The van der Waals surface area contributed by atoms with Crippen LogP contribution in [0, 0.1) is 6.92 Å². The van der Waals surface area contributed by atoms with Crippen LogP contribution in [-0.4, -0.2) is 21.0 Å². The van der Waals surface area contributed by atoms with Crippen molar-refractivity contribution in [2.75, 3.05) is 0 Å². The Balaban J connectivity index is 1.82. The van der Waals surface area contributed by atoms with E-state index in [1.165, 1.54) is 11.1 Å². The molecule has 1 unspecified atom stereocenters. The first-order chi connectivity index (χ1) is 9.17. The van der Waals surface area contributed by atoms with Crippen LogP contribution in [0.15, 0.2) is 36.7 Å². The second-order valence-corrected chi connectivity index (χ2v) is 5.09. The van der Waals surface area contributed by atoms with Crippen LogP contribution in [0.25, 0.3) is 0 Å². The normalized spacial score (nSPS) is 12.6. The molecule has 0 saturated heterocycles. The van der Waals surface area contributed by atoms with Gasteiger partial charge in [-0.15, -0.1) is 0 Å². The van der Waals surface area contributed by atoms with E-state index in [1.54, 1.807) is 0 Å². The van der Waals surface area contributed by atoms with Crippen molar-refractivity contribution in [1.82, 2.24) is 9.78 Å². The van der Waals surface area contributed by atoms with Crippen LogP contribution in [0.3, 0.4) is 0 Å². The molecule has 1 aromatic heterocycles. The zero-order chi connectivity index (χ0) is 13.7. The third-order valence-electron chi connectivity index (χ3n) is 3.33. The monoisotopic (exact) mass is 258 g/mol. The van der Waals surface area contributed by atoms with Crippen LogP contribution >= 0.6 is 0 Å². The minimum absolute atomic E-state index is 0.296. The van der Waals surface area contributed by atoms with Crippen LogP contribution in [0.4, 0.5) is 0 Å². The van der Waals surface area contributed by atoms with Gasteiger partial charge >= 0.3 is 0 Å². The fourth-order valence-corrected chi connectivity index (χ4v) is 2.26. The molecule has 1 aromatic carbocycles. The third kappa shape index (κ3) is 4.21. The molecule has 0 radical (unpaired) electrons. The van der Waals surface area contributed by atoms with E-state index in [-0.39, 0.29) is 6.10 Å². The first-order valence-corrected chi connectivity index (χ1v) is 6.92. The summed E-state index contributed by atoms with van der Waals surface area (Å²) in [6, 6.07) is 8.47. The van der Waals surface area contributed by atoms with Crippen molar-refractivity contribution in [3.8, 4) is 0 Å². The maximum absolute atomic E-state index is 10.1. The maximum Gasteiger partial charge on any atom is 0.0584 e. The predicted octanol–water partition coefficient (Wildman–Crippen LogP) is 2.75. The van der Waals surface area contributed by atoms with Crippen LogP contribution in [0.1, 0.15) is 30.0 Å². The van der Waals surface area contributed by atoms with Gasteiger partial charge in [-0.3, -0.25) is 4.68 Å². The van der Waals surface area contributed by atoms with Crippen molar-refractivity contribution in [2.45, 2.75) is 45.8 Å². The molecule has 0 fully saturated rings. The molecule has 1 N–H and O–H groups in total. The zero-order valence-corrected chi connectivity index (χ0v) is 11.7. The summed E-state index contributed by atoms with van der Waals surface area (Å²) in [5.41, 5.74) is 3.68. The number of hydrogen-bond donors (Lipinski definition) is 1. The van der Waals surface area contributed by atoms with E-state index in [0.29, 0.717) is 6.42 Å². The maximum atomic E-state index is 10.1. The van der Waals surface area contributed by atoms with Crippen molar-refractivity contribution < 1.29 is 5.11 Å². The van der Waals surface area contributed by atoms with E-state index < -0.39 is 0 Å². The van der Waals surface area contributed by atoms with Gasteiger partial charge in [-0.1, -0.05) is 29.8 Å². The Morgan fingerprint density at radius 3 is 2.84 bits per heavy atom. The van der Waals surface area contributed by atoms with Crippen molar-refractivity contribution in [2.24, 2.45) is 0 Å². The number of nitrogens with zero attached hydrogens (tertiary/aromatic N) is 2. The first-order valence-electron chi connectivity index (χ1n) is 6.92. The molecular formula is C16H22N2O. The van der Waals surface area contributed by atoms with Crippen LogP contribution in [0.2, 0.25) is 0 Å². The van der Waals surface area contributed by atoms with E-state index >= 15 is 0 Å². The van der Waals surface area contributed by atoms with E-state index in [0.717, 1.165) is 24.9 Å². The number of rotatable bonds is 6. The second kappa shape index (κ2) is 6.53. The molecule has 1 heterocycles. The summed E-state index contributed by atoms with van der Waals surface area (Å²) >= 11 is 0. The molecular weight excluding hydrogens is 236 g/mol. The number of aromatic nitrogens is 2. The third-order valence-corrected chi connectivity index (χ3v) is 3.33. The van der Waals surface area contributed by atoms with E-state index in [9.17, 15) is 5.11 Å². The lowest BCUT2D eigenvalue weighted by atomic mass is 10.0. The first kappa shape index (κ1) is 13.8. The highest BCUT2D eigenvalue weighted by atomic mass is 16.3. The Bertz CT molecular complexity index is 519.